The Kier molecular flexibility index (Phi) is 14.9. The summed E-state index contributed by atoms with van der Waals surface area (Å²) >= 11 is 1.56. The number of anilines is 1. The van der Waals surface area contributed by atoms with Crippen LogP contribution in [0.4, 0.5) is 10.6 Å². The number of carbonyl (C=O) groups is 5. The maximum Gasteiger partial charge on any atom is 0.410 e. The summed E-state index contributed by atoms with van der Waals surface area (Å²) in [6, 6.07) is 8.95. The number of piperazine rings is 1. The fourth-order valence-corrected chi connectivity index (χ4v) is 7.93. The Bertz CT molecular complexity index is 1970. The zero-order valence-corrected chi connectivity index (χ0v) is 37.1. The van der Waals surface area contributed by atoms with Crippen LogP contribution in [0.3, 0.4) is 0 Å². The van der Waals surface area contributed by atoms with Gasteiger partial charge in [-0.2, -0.15) is 0 Å². The van der Waals surface area contributed by atoms with E-state index < -0.39 is 59.4 Å². The molecule has 2 aliphatic rings. The fourth-order valence-electron chi connectivity index (χ4n) is 7.12. The van der Waals surface area contributed by atoms with Crippen LogP contribution in [0.25, 0.3) is 10.4 Å². The number of carbonyl (C=O) groups excluding carboxylic acids is 5. The van der Waals surface area contributed by atoms with Gasteiger partial charge in [-0.05, 0) is 63.3 Å². The summed E-state index contributed by atoms with van der Waals surface area (Å²) in [5.74, 6) is -1.25. The van der Waals surface area contributed by atoms with Crippen molar-refractivity contribution < 1.29 is 33.8 Å². The molecule has 2 aromatic heterocycles. The zero-order valence-electron chi connectivity index (χ0n) is 36.3. The van der Waals surface area contributed by atoms with Gasteiger partial charge in [0.1, 0.15) is 23.5 Å². The number of likely N-dealkylation sites (N-methyl/N-ethyl adjacent to an activating group) is 1. The number of rotatable bonds is 13. The van der Waals surface area contributed by atoms with Gasteiger partial charge in [-0.15, -0.1) is 11.3 Å². The third-order valence-corrected chi connectivity index (χ3v) is 11.6. The summed E-state index contributed by atoms with van der Waals surface area (Å²) < 4.78 is 5.43. The van der Waals surface area contributed by atoms with E-state index in [1.165, 1.54) is 11.1 Å². The molecule has 16 nitrogen and oxygen atoms in total. The van der Waals surface area contributed by atoms with Crippen LogP contribution in [0, 0.1) is 12.3 Å². The number of aliphatic hydroxyl groups excluding tert-OH is 1. The molecule has 0 bridgehead atoms. The number of thiazole rings is 1. The molecule has 4 atom stereocenters. The van der Waals surface area contributed by atoms with Crippen molar-refractivity contribution in [2.24, 2.45) is 5.41 Å². The quantitative estimate of drug-likeness (QED) is 0.197. The minimum atomic E-state index is -1.05. The fraction of sp³-hybridized carbons (Fsp3) is 0.558. The monoisotopic (exact) mass is 847 g/mol. The van der Waals surface area contributed by atoms with E-state index in [1.54, 1.807) is 56.2 Å². The van der Waals surface area contributed by atoms with Crippen molar-refractivity contribution in [2.75, 3.05) is 64.3 Å². The Balaban J connectivity index is 1.10. The highest BCUT2D eigenvalue weighted by Crippen LogP contribution is 2.30. The van der Waals surface area contributed by atoms with E-state index in [2.05, 4.69) is 35.7 Å². The van der Waals surface area contributed by atoms with Crippen LogP contribution in [-0.2, 0) is 19.1 Å². The summed E-state index contributed by atoms with van der Waals surface area (Å²) in [5, 5.41) is 19.0. The molecule has 4 N–H and O–H groups in total. The van der Waals surface area contributed by atoms with Gasteiger partial charge in [-0.3, -0.25) is 24.1 Å². The van der Waals surface area contributed by atoms with Crippen molar-refractivity contribution in [1.82, 2.24) is 40.6 Å². The number of pyridine rings is 1. The lowest BCUT2D eigenvalue weighted by molar-refractivity contribution is -0.144. The van der Waals surface area contributed by atoms with Gasteiger partial charge >= 0.3 is 6.09 Å². The molecule has 3 aromatic rings. The van der Waals surface area contributed by atoms with E-state index >= 15 is 0 Å². The topological polar surface area (TPSA) is 190 Å². The SMILES string of the molecule is Cc1ncsc1-c1ccc([C@H](C)NC(=O)[C@@H]2C[C@@H](O)CN2C(=O)[C@@H](NC(=O)CNC(=O)c2ccc(N3CCN(CCN(C)C(=O)OC(C)(C)C)CC3)nc2)C(C)(C)C)cc1. The molecule has 4 heterocycles. The number of ether oxygens (including phenoxy) is 1. The lowest BCUT2D eigenvalue weighted by Crippen LogP contribution is -2.58. The van der Waals surface area contributed by atoms with Gasteiger partial charge in [0.25, 0.3) is 5.91 Å². The van der Waals surface area contributed by atoms with Gasteiger partial charge in [0.15, 0.2) is 0 Å². The van der Waals surface area contributed by atoms with Crippen molar-refractivity contribution in [3.63, 3.8) is 0 Å². The van der Waals surface area contributed by atoms with E-state index in [4.69, 9.17) is 4.74 Å². The molecule has 0 radical (unpaired) electrons. The van der Waals surface area contributed by atoms with E-state index in [-0.39, 0.29) is 30.7 Å². The van der Waals surface area contributed by atoms with Gasteiger partial charge in [0.2, 0.25) is 17.7 Å². The van der Waals surface area contributed by atoms with Crippen LogP contribution in [0.2, 0.25) is 0 Å². The molecule has 326 valence electrons. The molecule has 5 amide bonds. The predicted molar refractivity (Wildman–Crippen MR) is 230 cm³/mol. The number of aromatic nitrogens is 2. The Morgan fingerprint density at radius 1 is 0.967 bits per heavy atom. The Morgan fingerprint density at radius 3 is 2.23 bits per heavy atom. The summed E-state index contributed by atoms with van der Waals surface area (Å²) in [4.78, 5) is 83.5. The summed E-state index contributed by atoms with van der Waals surface area (Å²) in [5.41, 5.74) is 3.65. The van der Waals surface area contributed by atoms with Gasteiger partial charge in [0.05, 0.1) is 40.3 Å². The smallest absolute Gasteiger partial charge is 0.410 e. The number of amides is 5. The Morgan fingerprint density at radius 2 is 1.65 bits per heavy atom. The third kappa shape index (κ3) is 12.2. The lowest BCUT2D eigenvalue weighted by Gasteiger charge is -2.36. The Hall–Kier alpha value is -5.13. The first-order chi connectivity index (χ1) is 28.2. The van der Waals surface area contributed by atoms with Crippen LogP contribution in [0.5, 0.6) is 0 Å². The number of likely N-dealkylation sites (tertiary alicyclic amines) is 1. The van der Waals surface area contributed by atoms with Crippen molar-refractivity contribution in [1.29, 1.82) is 0 Å². The van der Waals surface area contributed by atoms with Crippen LogP contribution >= 0.6 is 11.3 Å². The van der Waals surface area contributed by atoms with E-state index in [1.807, 2.05) is 64.4 Å². The van der Waals surface area contributed by atoms with Crippen LogP contribution in [0.1, 0.15) is 82.5 Å². The Labute approximate surface area is 357 Å². The first-order valence-corrected chi connectivity index (χ1v) is 21.3. The van der Waals surface area contributed by atoms with Crippen molar-refractivity contribution >= 4 is 46.9 Å². The van der Waals surface area contributed by atoms with Crippen molar-refractivity contribution in [3.8, 4) is 10.4 Å². The number of nitrogens with one attached hydrogen (secondary N) is 3. The molecule has 60 heavy (non-hydrogen) atoms. The third-order valence-electron chi connectivity index (χ3n) is 10.6. The molecule has 2 saturated heterocycles. The summed E-state index contributed by atoms with van der Waals surface area (Å²) in [6.45, 7) is 18.6. The van der Waals surface area contributed by atoms with Gasteiger partial charge in [-0.1, -0.05) is 45.0 Å². The predicted octanol–water partition coefficient (Wildman–Crippen LogP) is 3.60. The first-order valence-electron chi connectivity index (χ1n) is 20.4. The number of hydrogen-bond acceptors (Lipinski definition) is 12. The first kappa shape index (κ1) is 45.9. The molecule has 0 spiro atoms. The maximum atomic E-state index is 14.1. The highest BCUT2D eigenvalue weighted by atomic mass is 32.1. The minimum Gasteiger partial charge on any atom is -0.444 e. The lowest BCUT2D eigenvalue weighted by atomic mass is 9.85. The highest BCUT2D eigenvalue weighted by Gasteiger charge is 2.44. The second-order valence-corrected chi connectivity index (χ2v) is 18.6. The minimum absolute atomic E-state index is 0.0560. The summed E-state index contributed by atoms with van der Waals surface area (Å²) in [7, 11) is 1.73. The number of aliphatic hydroxyl groups is 1. The molecule has 2 aliphatic heterocycles. The number of aryl methyl sites for hydroxylation is 1. The number of β-amino-alcohol motifs (C(OH)–C–C–N with tert-alkyl or cyclic N) is 1. The second kappa shape index (κ2) is 19.5. The maximum absolute atomic E-state index is 14.1. The van der Waals surface area contributed by atoms with Gasteiger partial charge in [-0.25, -0.2) is 14.8 Å². The van der Waals surface area contributed by atoms with Crippen LogP contribution < -0.4 is 20.9 Å². The van der Waals surface area contributed by atoms with Crippen molar-refractivity contribution in [2.45, 2.75) is 91.6 Å². The number of hydrogen-bond donors (Lipinski definition) is 4. The molecule has 2 fully saturated rings. The van der Waals surface area contributed by atoms with Gasteiger partial charge < -0.3 is 40.5 Å². The van der Waals surface area contributed by atoms with Crippen molar-refractivity contribution in [3.05, 3.63) is 64.9 Å². The molecular formula is C43H61N9O7S. The molecule has 5 rings (SSSR count). The van der Waals surface area contributed by atoms with E-state index in [0.29, 0.717) is 6.54 Å². The van der Waals surface area contributed by atoms with E-state index in [9.17, 15) is 29.1 Å². The molecule has 0 saturated carbocycles. The zero-order chi connectivity index (χ0) is 43.9. The average molecular weight is 848 g/mol. The van der Waals surface area contributed by atoms with Crippen LogP contribution in [0.15, 0.2) is 48.1 Å². The van der Waals surface area contributed by atoms with Gasteiger partial charge in [0, 0.05) is 65.5 Å². The molecular weight excluding hydrogens is 787 g/mol. The molecule has 0 aliphatic carbocycles. The standard InChI is InChI=1S/C43H61N9O7S/c1-27(29-10-12-30(13-11-29)36-28(2)46-26-60-36)47-39(56)33-22-32(53)25-52(33)40(57)37(42(3,4)5)48-35(54)24-45-38(55)31-14-15-34(44-23-31)51-20-18-50(19-21-51)17-16-49(9)41(58)59-43(6,7)8/h10-15,23,26-27,32-33,37,53H,16-22,24-25H2,1-9H3,(H,45,55)(H,47,56)(H,48,54)/t27-,32+,33-,37+/m0/s1. The molecule has 1 aromatic carbocycles. The largest absolute Gasteiger partial charge is 0.444 e. The van der Waals surface area contributed by atoms with Crippen LogP contribution in [-0.4, -0.2) is 143 Å². The molecule has 0 unspecified atom stereocenters. The highest BCUT2D eigenvalue weighted by molar-refractivity contribution is 7.13. The summed E-state index contributed by atoms with van der Waals surface area (Å²) in [6.07, 6.45) is 0.274. The molecule has 17 heteroatoms. The second-order valence-electron chi connectivity index (χ2n) is 17.7. The average Bonchev–Trinajstić information content (AvgIpc) is 3.82. The normalized spacial score (nSPS) is 18.4. The number of nitrogens with zero attached hydrogens (tertiary/aromatic N) is 6. The number of benzene rings is 1. The van der Waals surface area contributed by atoms with E-state index in [0.717, 1.165) is 60.2 Å².